The highest BCUT2D eigenvalue weighted by molar-refractivity contribution is 5.25. The third-order valence-electron chi connectivity index (χ3n) is 2.31. The van der Waals surface area contributed by atoms with Gasteiger partial charge in [0.05, 0.1) is 12.3 Å². The summed E-state index contributed by atoms with van der Waals surface area (Å²) in [5.41, 5.74) is 7.05. The highest BCUT2D eigenvalue weighted by Crippen LogP contribution is 2.19. The summed E-state index contributed by atoms with van der Waals surface area (Å²) >= 11 is 0. The van der Waals surface area contributed by atoms with E-state index in [2.05, 4.69) is 4.98 Å². The smallest absolute Gasteiger partial charge is 0.138 e. The maximum Gasteiger partial charge on any atom is 0.138 e. The summed E-state index contributed by atoms with van der Waals surface area (Å²) in [4.78, 5) is 4.14. The molecule has 0 amide bonds. The Kier molecular flexibility index (Phi) is 5.94. The number of ether oxygens (including phenoxy) is 2. The van der Waals surface area contributed by atoms with Gasteiger partial charge in [-0.05, 0) is 38.8 Å². The summed E-state index contributed by atoms with van der Waals surface area (Å²) in [5.74, 6) is 0.768. The van der Waals surface area contributed by atoms with Crippen molar-refractivity contribution in [3.63, 3.8) is 0 Å². The van der Waals surface area contributed by atoms with Crippen molar-refractivity contribution < 1.29 is 9.47 Å². The zero-order valence-corrected chi connectivity index (χ0v) is 10.8. The van der Waals surface area contributed by atoms with Crippen molar-refractivity contribution in [2.75, 3.05) is 13.2 Å². The molecule has 0 radical (unpaired) electrons. The van der Waals surface area contributed by atoms with Crippen LogP contribution in [-0.2, 0) is 4.74 Å². The summed E-state index contributed by atoms with van der Waals surface area (Å²) in [6.07, 6.45) is 4.43. The first-order valence-electron chi connectivity index (χ1n) is 6.08. The largest absolute Gasteiger partial charge is 0.489 e. The molecule has 1 aromatic rings. The van der Waals surface area contributed by atoms with E-state index in [0.29, 0.717) is 6.61 Å². The van der Waals surface area contributed by atoms with E-state index in [1.807, 2.05) is 26.8 Å². The molecule has 0 spiro atoms. The molecule has 0 fully saturated rings. The zero-order valence-electron chi connectivity index (χ0n) is 10.8. The Bertz CT molecular complexity index is 329. The highest BCUT2D eigenvalue weighted by atomic mass is 16.5. The number of aromatic nitrogens is 1. The van der Waals surface area contributed by atoms with Crippen molar-refractivity contribution in [2.24, 2.45) is 5.73 Å². The third kappa shape index (κ3) is 5.15. The average molecular weight is 238 g/mol. The molecular weight excluding hydrogens is 216 g/mol. The quantitative estimate of drug-likeness (QED) is 0.740. The van der Waals surface area contributed by atoms with Crippen molar-refractivity contribution in [2.45, 2.75) is 39.3 Å². The second kappa shape index (κ2) is 7.25. The van der Waals surface area contributed by atoms with Crippen molar-refractivity contribution in [1.29, 1.82) is 0 Å². The molecule has 0 saturated heterocycles. The molecule has 4 heteroatoms. The molecule has 96 valence electrons. The molecule has 1 rings (SSSR count). The predicted molar refractivity (Wildman–Crippen MR) is 68.0 cm³/mol. The van der Waals surface area contributed by atoms with Gasteiger partial charge in [-0.3, -0.25) is 4.98 Å². The van der Waals surface area contributed by atoms with Crippen molar-refractivity contribution in [1.82, 2.24) is 4.98 Å². The van der Waals surface area contributed by atoms with Crippen LogP contribution in [0.25, 0.3) is 0 Å². The van der Waals surface area contributed by atoms with Crippen LogP contribution in [0.1, 0.15) is 38.8 Å². The van der Waals surface area contributed by atoms with Crippen molar-refractivity contribution in [3.8, 4) is 5.75 Å². The topological polar surface area (TPSA) is 57.4 Å². The predicted octanol–water partition coefficient (Wildman–Crippen LogP) is 2.30. The molecule has 0 aliphatic carbocycles. The van der Waals surface area contributed by atoms with E-state index in [1.165, 1.54) is 0 Å². The van der Waals surface area contributed by atoms with Gasteiger partial charge in [-0.15, -0.1) is 0 Å². The van der Waals surface area contributed by atoms with Crippen LogP contribution >= 0.6 is 0 Å². The molecule has 0 aromatic carbocycles. The molecule has 0 aliphatic heterocycles. The number of nitrogens with two attached hydrogens (primary N) is 1. The monoisotopic (exact) mass is 238 g/mol. The van der Waals surface area contributed by atoms with Crippen LogP contribution in [0.5, 0.6) is 5.75 Å². The lowest BCUT2D eigenvalue weighted by molar-refractivity contribution is 0.140. The van der Waals surface area contributed by atoms with Crippen LogP contribution in [0.4, 0.5) is 0 Å². The molecule has 0 aliphatic rings. The van der Waals surface area contributed by atoms with E-state index < -0.39 is 0 Å². The molecule has 2 N–H and O–H groups in total. The van der Waals surface area contributed by atoms with E-state index in [1.54, 1.807) is 12.4 Å². The minimum Gasteiger partial charge on any atom is -0.489 e. The first-order valence-corrected chi connectivity index (χ1v) is 6.08. The summed E-state index contributed by atoms with van der Waals surface area (Å²) in [7, 11) is 0. The Hall–Kier alpha value is -1.13. The van der Waals surface area contributed by atoms with E-state index in [-0.39, 0.29) is 12.1 Å². The second-order valence-corrected chi connectivity index (χ2v) is 4.21. The lowest BCUT2D eigenvalue weighted by Gasteiger charge is -2.14. The van der Waals surface area contributed by atoms with E-state index >= 15 is 0 Å². The van der Waals surface area contributed by atoms with Gasteiger partial charge in [-0.25, -0.2) is 0 Å². The van der Waals surface area contributed by atoms with Crippen LogP contribution in [-0.4, -0.2) is 24.3 Å². The molecule has 1 atom stereocenters. The van der Waals surface area contributed by atoms with Gasteiger partial charge in [0.25, 0.3) is 0 Å². The fourth-order valence-corrected chi connectivity index (χ4v) is 1.50. The minimum absolute atomic E-state index is 0.0511. The Morgan fingerprint density at radius 2 is 2.12 bits per heavy atom. The Labute approximate surface area is 103 Å². The second-order valence-electron chi connectivity index (χ2n) is 4.21. The first-order chi connectivity index (χ1) is 8.13. The fraction of sp³-hybridized carbons (Fsp3) is 0.615. The third-order valence-corrected chi connectivity index (χ3v) is 2.31. The van der Waals surface area contributed by atoms with Crippen molar-refractivity contribution >= 4 is 0 Å². The Morgan fingerprint density at radius 3 is 2.76 bits per heavy atom. The zero-order chi connectivity index (χ0) is 12.7. The van der Waals surface area contributed by atoms with Gasteiger partial charge in [0.1, 0.15) is 5.75 Å². The van der Waals surface area contributed by atoms with Crippen LogP contribution in [0, 0.1) is 0 Å². The molecule has 17 heavy (non-hydrogen) atoms. The van der Waals surface area contributed by atoms with E-state index in [0.717, 1.165) is 24.3 Å². The van der Waals surface area contributed by atoms with Gasteiger partial charge in [0.2, 0.25) is 0 Å². The average Bonchev–Trinajstić information content (AvgIpc) is 2.28. The standard InChI is InChI=1S/C13H22N2O2/c1-4-16-6-5-13(14)11-7-12(9-15-8-11)17-10(2)3/h7-10,13H,4-6,14H2,1-3H3. The van der Waals surface area contributed by atoms with Gasteiger partial charge in [-0.2, -0.15) is 0 Å². The normalized spacial score (nSPS) is 12.8. The molecule has 0 saturated carbocycles. The number of nitrogens with zero attached hydrogens (tertiary/aromatic N) is 1. The summed E-state index contributed by atoms with van der Waals surface area (Å²) in [6, 6.07) is 1.90. The summed E-state index contributed by atoms with van der Waals surface area (Å²) in [5, 5.41) is 0. The lowest BCUT2D eigenvalue weighted by atomic mass is 10.1. The number of hydrogen-bond acceptors (Lipinski definition) is 4. The first kappa shape index (κ1) is 13.9. The van der Waals surface area contributed by atoms with Gasteiger partial charge < -0.3 is 15.2 Å². The lowest BCUT2D eigenvalue weighted by Crippen LogP contribution is -2.14. The fourth-order valence-electron chi connectivity index (χ4n) is 1.50. The number of pyridine rings is 1. The number of rotatable bonds is 7. The molecule has 0 bridgehead atoms. The van der Waals surface area contributed by atoms with Gasteiger partial charge in [0.15, 0.2) is 0 Å². The van der Waals surface area contributed by atoms with Crippen LogP contribution in [0.2, 0.25) is 0 Å². The molecule has 4 nitrogen and oxygen atoms in total. The maximum atomic E-state index is 6.06. The van der Waals surface area contributed by atoms with Crippen LogP contribution in [0.3, 0.4) is 0 Å². The summed E-state index contributed by atoms with van der Waals surface area (Å²) < 4.78 is 10.9. The molecule has 1 unspecified atom stereocenters. The van der Waals surface area contributed by atoms with Crippen molar-refractivity contribution in [3.05, 3.63) is 24.0 Å². The van der Waals surface area contributed by atoms with Gasteiger partial charge >= 0.3 is 0 Å². The van der Waals surface area contributed by atoms with Crippen LogP contribution < -0.4 is 10.5 Å². The van der Waals surface area contributed by atoms with E-state index in [4.69, 9.17) is 15.2 Å². The van der Waals surface area contributed by atoms with Gasteiger partial charge in [0, 0.05) is 25.5 Å². The van der Waals surface area contributed by atoms with E-state index in [9.17, 15) is 0 Å². The molecule has 1 aromatic heterocycles. The van der Waals surface area contributed by atoms with Crippen LogP contribution in [0.15, 0.2) is 18.5 Å². The minimum atomic E-state index is -0.0511. The molecular formula is C13H22N2O2. The maximum absolute atomic E-state index is 6.06. The highest BCUT2D eigenvalue weighted by Gasteiger charge is 2.08. The molecule has 1 heterocycles. The Balaban J connectivity index is 2.57. The Morgan fingerprint density at radius 1 is 1.35 bits per heavy atom. The number of hydrogen-bond donors (Lipinski definition) is 1. The SMILES string of the molecule is CCOCCC(N)c1cncc(OC(C)C)c1. The van der Waals surface area contributed by atoms with Gasteiger partial charge in [-0.1, -0.05) is 0 Å². The summed E-state index contributed by atoms with van der Waals surface area (Å²) in [6.45, 7) is 7.35.